The predicted molar refractivity (Wildman–Crippen MR) is 183 cm³/mol. The molecule has 1 aliphatic heterocycles. The van der Waals surface area contributed by atoms with E-state index in [9.17, 15) is 23.9 Å². The van der Waals surface area contributed by atoms with Crippen molar-refractivity contribution in [3.63, 3.8) is 0 Å². The van der Waals surface area contributed by atoms with Crippen LogP contribution in [-0.4, -0.2) is 76.3 Å². The fraction of sp³-hybridized carbons (Fsp3) is 0.323. The Labute approximate surface area is 297 Å². The van der Waals surface area contributed by atoms with Crippen LogP contribution in [0.2, 0.25) is 5.02 Å². The molecule has 0 amide bonds. The number of benzene rings is 2. The van der Waals surface area contributed by atoms with Gasteiger partial charge in [0.15, 0.2) is 0 Å². The Kier molecular flexibility index (Phi) is 13.4. The summed E-state index contributed by atoms with van der Waals surface area (Å²) in [6.45, 7) is 2.95. The average molecular weight is 751 g/mol. The number of oxime groups is 1. The van der Waals surface area contributed by atoms with Crippen molar-refractivity contribution in [3.8, 4) is 23.5 Å². The van der Waals surface area contributed by atoms with Gasteiger partial charge in [0, 0.05) is 23.5 Å². The molecule has 0 aliphatic carbocycles. The standard InChI is InChI=1S/C16H17N3O6.C15H15ClFN3O3S2/c1-9(19-24-4)10-6-5-7-11(14(10)15(20)21)25-16-17-12(22-2)8-13(18-16)23-3;1-23-13(21)8-24-12-7-11(10(17)6-9(12)16)18-14-19-4-2-3-5-20(19)15(22)25-14/h5-8H,1-4H3,(H,20,21);6-7H,2-5,8H2,1H3. The van der Waals surface area contributed by atoms with Crippen LogP contribution in [0.1, 0.15) is 35.7 Å². The number of methoxy groups -OCH3 is 3. The van der Waals surface area contributed by atoms with Crippen molar-refractivity contribution >= 4 is 58.0 Å². The number of ether oxygens (including phenoxy) is 4. The molecule has 19 heteroatoms. The second kappa shape index (κ2) is 17.6. The Balaban J connectivity index is 0.000000225. The van der Waals surface area contributed by atoms with Gasteiger partial charge in [0.25, 0.3) is 0 Å². The number of fused-ring (bicyclic) bond motifs is 1. The summed E-state index contributed by atoms with van der Waals surface area (Å²) in [4.78, 5) is 53.0. The maximum absolute atomic E-state index is 14.3. The van der Waals surface area contributed by atoms with Gasteiger partial charge in [-0.05, 0) is 49.3 Å². The number of rotatable bonds is 11. The monoisotopic (exact) mass is 750 g/mol. The molecule has 1 aliphatic rings. The molecular weight excluding hydrogens is 719 g/mol. The Morgan fingerprint density at radius 3 is 2.36 bits per heavy atom. The molecule has 4 aromatic rings. The zero-order chi connectivity index (χ0) is 36.4. The Hall–Kier alpha value is -4.94. The summed E-state index contributed by atoms with van der Waals surface area (Å²) < 4.78 is 37.9. The highest BCUT2D eigenvalue weighted by atomic mass is 35.5. The predicted octanol–water partition coefficient (Wildman–Crippen LogP) is 5.15. The number of carboxylic acids is 1. The summed E-state index contributed by atoms with van der Waals surface area (Å²) in [6, 6.07) is 8.72. The van der Waals surface area contributed by atoms with Gasteiger partial charge < -0.3 is 28.9 Å². The summed E-state index contributed by atoms with van der Waals surface area (Å²) >= 11 is 8.17. The summed E-state index contributed by atoms with van der Waals surface area (Å²) in [5.74, 6) is -1.64. The summed E-state index contributed by atoms with van der Waals surface area (Å²) in [6.07, 6.45) is 1.90. The molecule has 0 bridgehead atoms. The first-order valence-electron chi connectivity index (χ1n) is 14.6. The van der Waals surface area contributed by atoms with Crippen molar-refractivity contribution in [2.24, 2.45) is 10.1 Å². The van der Waals surface area contributed by atoms with Gasteiger partial charge in [-0.15, -0.1) is 11.8 Å². The van der Waals surface area contributed by atoms with Crippen molar-refractivity contribution in [3.05, 3.63) is 72.8 Å². The topological polar surface area (TPSA) is 178 Å². The number of carboxylic acid groups (broad SMARTS) is 1. The van der Waals surface area contributed by atoms with Crippen LogP contribution >= 0.6 is 34.7 Å². The van der Waals surface area contributed by atoms with Crippen LogP contribution in [0.3, 0.4) is 0 Å². The van der Waals surface area contributed by atoms with Crippen LogP contribution in [0.4, 0.5) is 10.1 Å². The minimum absolute atomic E-state index is 0.0472. The van der Waals surface area contributed by atoms with Gasteiger partial charge >= 0.3 is 22.8 Å². The molecule has 2 aromatic heterocycles. The second-order valence-corrected chi connectivity index (χ2v) is 12.3. The van der Waals surface area contributed by atoms with E-state index in [0.717, 1.165) is 42.0 Å². The molecule has 0 spiro atoms. The lowest BCUT2D eigenvalue weighted by Crippen LogP contribution is -2.31. The Bertz CT molecular complexity index is 2010. The van der Waals surface area contributed by atoms with Gasteiger partial charge in [-0.2, -0.15) is 9.97 Å². The van der Waals surface area contributed by atoms with E-state index in [-0.39, 0.29) is 50.4 Å². The molecule has 0 saturated heterocycles. The molecule has 0 unspecified atom stereocenters. The third-order valence-electron chi connectivity index (χ3n) is 6.82. The number of thioether (sulfide) groups is 1. The summed E-state index contributed by atoms with van der Waals surface area (Å²) in [5, 5.41) is 13.5. The maximum Gasteiger partial charge on any atom is 0.340 e. The van der Waals surface area contributed by atoms with E-state index in [1.807, 2.05) is 0 Å². The van der Waals surface area contributed by atoms with Crippen molar-refractivity contribution in [1.82, 2.24) is 19.3 Å². The first-order chi connectivity index (χ1) is 24.0. The van der Waals surface area contributed by atoms with Crippen LogP contribution in [0.5, 0.6) is 23.5 Å². The number of hydrogen-bond acceptors (Lipinski definition) is 14. The number of carbonyl (C=O) groups excluding carboxylic acids is 1. The number of aromatic carboxylic acids is 1. The third kappa shape index (κ3) is 9.39. The van der Waals surface area contributed by atoms with E-state index in [1.54, 1.807) is 28.4 Å². The van der Waals surface area contributed by atoms with Gasteiger partial charge in [0.2, 0.25) is 16.6 Å². The van der Waals surface area contributed by atoms with E-state index in [2.05, 4.69) is 24.9 Å². The highest BCUT2D eigenvalue weighted by Gasteiger charge is 2.21. The molecule has 266 valence electrons. The average Bonchev–Trinajstić information content (AvgIpc) is 3.43. The number of nitrogens with zero attached hydrogens (tertiary/aromatic N) is 6. The number of esters is 1. The lowest BCUT2D eigenvalue weighted by molar-refractivity contribution is -0.137. The quantitative estimate of drug-likeness (QED) is 0.0924. The molecule has 50 heavy (non-hydrogen) atoms. The van der Waals surface area contributed by atoms with Gasteiger partial charge in [0.1, 0.15) is 29.9 Å². The van der Waals surface area contributed by atoms with E-state index >= 15 is 0 Å². The molecule has 2 aromatic carbocycles. The zero-order valence-corrected chi connectivity index (χ0v) is 29.9. The van der Waals surface area contributed by atoms with Crippen molar-refractivity contribution in [2.75, 3.05) is 34.2 Å². The minimum atomic E-state index is -1.19. The molecule has 0 radical (unpaired) electrons. The van der Waals surface area contributed by atoms with Gasteiger partial charge in [-0.25, -0.2) is 18.9 Å². The van der Waals surface area contributed by atoms with Crippen LogP contribution in [0.25, 0.3) is 0 Å². The number of carbonyl (C=O) groups is 2. The summed E-state index contributed by atoms with van der Waals surface area (Å²) in [5.41, 5.74) is 0.724. The van der Waals surface area contributed by atoms with E-state index in [0.29, 0.717) is 34.1 Å². The molecule has 3 heterocycles. The first kappa shape index (κ1) is 37.9. The SMILES string of the molecule is COC(=O)CSc1cc(N=c2sc(=O)n3n2CCCC3)c(F)cc1Cl.CON=C(C)c1cccc(Oc2nc(OC)cc(OC)n2)c1C(=O)O. The van der Waals surface area contributed by atoms with Crippen molar-refractivity contribution in [2.45, 2.75) is 37.8 Å². The van der Waals surface area contributed by atoms with E-state index in [1.165, 1.54) is 46.6 Å². The second-order valence-electron chi connectivity index (χ2n) is 10.00. The van der Waals surface area contributed by atoms with Crippen LogP contribution < -0.4 is 23.9 Å². The smallest absolute Gasteiger partial charge is 0.340 e. The molecule has 0 atom stereocenters. The van der Waals surface area contributed by atoms with Crippen LogP contribution in [0, 0.1) is 5.82 Å². The number of aromatic nitrogens is 4. The van der Waals surface area contributed by atoms with Crippen LogP contribution in [-0.2, 0) is 27.5 Å². The lowest BCUT2D eigenvalue weighted by atomic mass is 10.0. The van der Waals surface area contributed by atoms with Gasteiger partial charge in [-0.3, -0.25) is 14.3 Å². The fourth-order valence-corrected chi connectivity index (χ4v) is 6.48. The first-order valence-corrected chi connectivity index (χ1v) is 16.8. The lowest BCUT2D eigenvalue weighted by Gasteiger charge is -2.15. The highest BCUT2D eigenvalue weighted by molar-refractivity contribution is 8.00. The Morgan fingerprint density at radius 1 is 1.06 bits per heavy atom. The van der Waals surface area contributed by atoms with Gasteiger partial charge in [0.05, 0.1) is 43.9 Å². The van der Waals surface area contributed by atoms with E-state index < -0.39 is 17.8 Å². The highest BCUT2D eigenvalue weighted by Crippen LogP contribution is 2.33. The van der Waals surface area contributed by atoms with Crippen LogP contribution in [0.15, 0.2) is 56.2 Å². The molecule has 0 saturated carbocycles. The number of hydrogen-bond donors (Lipinski definition) is 1. The third-order valence-corrected chi connectivity index (χ3v) is 9.14. The Morgan fingerprint density at radius 2 is 1.74 bits per heavy atom. The molecule has 0 fully saturated rings. The molecule has 15 nitrogen and oxygen atoms in total. The number of halogens is 2. The molecule has 1 N–H and O–H groups in total. The van der Waals surface area contributed by atoms with E-state index in [4.69, 9.17) is 30.6 Å². The molecular formula is C31H32ClFN6O9S2. The molecule has 5 rings (SSSR count). The van der Waals surface area contributed by atoms with Crippen molar-refractivity contribution in [1.29, 1.82) is 0 Å². The van der Waals surface area contributed by atoms with Gasteiger partial charge in [-0.1, -0.05) is 28.9 Å². The zero-order valence-electron chi connectivity index (χ0n) is 27.5. The fourth-order valence-electron chi connectivity index (χ4n) is 4.49. The maximum atomic E-state index is 14.3. The van der Waals surface area contributed by atoms with Crippen molar-refractivity contribution < 1.29 is 42.9 Å². The minimum Gasteiger partial charge on any atom is -0.481 e. The normalized spacial score (nSPS) is 12.7. The summed E-state index contributed by atoms with van der Waals surface area (Å²) in [7, 11) is 5.53. The largest absolute Gasteiger partial charge is 0.481 e.